The highest BCUT2D eigenvalue weighted by molar-refractivity contribution is 6.30. The lowest BCUT2D eigenvalue weighted by Gasteiger charge is -2.17. The van der Waals surface area contributed by atoms with E-state index in [1.54, 1.807) is 54.6 Å². The first-order valence-corrected chi connectivity index (χ1v) is 13.3. The summed E-state index contributed by atoms with van der Waals surface area (Å²) in [5.74, 6) is -1.65. The van der Waals surface area contributed by atoms with Gasteiger partial charge in [0, 0.05) is 17.0 Å². The number of carboxylic acid groups (broad SMARTS) is 1. The Morgan fingerprint density at radius 2 is 1.48 bits per heavy atom. The molecule has 0 unspecified atom stereocenters. The fraction of sp³-hybridized carbons (Fsp3) is 0.121. The molecule has 42 heavy (non-hydrogen) atoms. The summed E-state index contributed by atoms with van der Waals surface area (Å²) in [6.07, 6.45) is 1.45. The fourth-order valence-corrected chi connectivity index (χ4v) is 4.33. The number of carbonyl (C=O) groups excluding carboxylic acids is 2. The summed E-state index contributed by atoms with van der Waals surface area (Å²) >= 11 is 5.94. The van der Waals surface area contributed by atoms with E-state index in [0.717, 1.165) is 11.1 Å². The predicted octanol–water partition coefficient (Wildman–Crippen LogP) is 5.61. The molecule has 0 radical (unpaired) electrons. The summed E-state index contributed by atoms with van der Waals surface area (Å²) in [6.45, 7) is 0. The highest BCUT2D eigenvalue weighted by Crippen LogP contribution is 2.28. The van der Waals surface area contributed by atoms with E-state index in [-0.39, 0.29) is 12.1 Å². The van der Waals surface area contributed by atoms with E-state index in [1.165, 1.54) is 20.3 Å². The number of benzene rings is 4. The quantitative estimate of drug-likeness (QED) is 0.198. The van der Waals surface area contributed by atoms with Gasteiger partial charge in [-0.2, -0.15) is 0 Å². The first-order chi connectivity index (χ1) is 20.3. The molecule has 4 aromatic rings. The lowest BCUT2D eigenvalue weighted by molar-refractivity contribution is -0.141. The molecule has 4 aromatic carbocycles. The second-order valence-corrected chi connectivity index (χ2v) is 9.70. The predicted molar refractivity (Wildman–Crippen MR) is 162 cm³/mol. The Morgan fingerprint density at radius 1 is 0.833 bits per heavy atom. The second kappa shape index (κ2) is 14.0. The zero-order chi connectivity index (χ0) is 30.1. The minimum absolute atomic E-state index is 0.0107. The summed E-state index contributed by atoms with van der Waals surface area (Å²) < 4.78 is 10.6. The maximum absolute atomic E-state index is 13.5. The Balaban J connectivity index is 1.61. The maximum Gasteiger partial charge on any atom is 0.326 e. The van der Waals surface area contributed by atoms with E-state index >= 15 is 0 Å². The van der Waals surface area contributed by atoms with Gasteiger partial charge in [-0.25, -0.2) is 4.79 Å². The molecule has 9 heteroatoms. The van der Waals surface area contributed by atoms with Crippen molar-refractivity contribution in [3.8, 4) is 22.6 Å². The second-order valence-electron chi connectivity index (χ2n) is 9.26. The van der Waals surface area contributed by atoms with Crippen molar-refractivity contribution in [3.05, 3.63) is 124 Å². The van der Waals surface area contributed by atoms with Gasteiger partial charge in [-0.15, -0.1) is 0 Å². The molecular weight excluding hydrogens is 556 g/mol. The van der Waals surface area contributed by atoms with Crippen molar-refractivity contribution in [2.45, 2.75) is 12.5 Å². The number of hydrogen-bond acceptors (Lipinski definition) is 5. The molecule has 2 amide bonds. The molecule has 0 bridgehead atoms. The van der Waals surface area contributed by atoms with E-state index in [1.807, 2.05) is 42.5 Å². The molecule has 0 saturated carbocycles. The molecule has 0 aliphatic rings. The number of carbonyl (C=O) groups is 3. The van der Waals surface area contributed by atoms with Crippen LogP contribution in [0.2, 0.25) is 5.02 Å². The minimum atomic E-state index is -1.27. The van der Waals surface area contributed by atoms with Gasteiger partial charge in [0.25, 0.3) is 11.8 Å². The molecule has 214 valence electrons. The summed E-state index contributed by atoms with van der Waals surface area (Å²) in [5, 5.41) is 15.5. The molecule has 0 saturated heterocycles. The number of halogens is 1. The molecule has 0 aliphatic heterocycles. The van der Waals surface area contributed by atoms with Crippen LogP contribution in [-0.2, 0) is 16.0 Å². The van der Waals surface area contributed by atoms with Gasteiger partial charge in [-0.3, -0.25) is 9.59 Å². The summed E-state index contributed by atoms with van der Waals surface area (Å²) in [7, 11) is 2.98. The van der Waals surface area contributed by atoms with Crippen LogP contribution in [0.3, 0.4) is 0 Å². The molecule has 0 aliphatic carbocycles. The number of carboxylic acids is 1. The normalized spacial score (nSPS) is 11.7. The first kappa shape index (κ1) is 29.9. The van der Waals surface area contributed by atoms with Gasteiger partial charge in [0.1, 0.15) is 11.7 Å². The third-order valence-electron chi connectivity index (χ3n) is 6.42. The van der Waals surface area contributed by atoms with Crippen LogP contribution in [0, 0.1) is 0 Å². The first-order valence-electron chi connectivity index (χ1n) is 13.0. The Kier molecular flexibility index (Phi) is 9.97. The summed E-state index contributed by atoms with van der Waals surface area (Å²) in [5.41, 5.74) is 3.27. The lowest BCUT2D eigenvalue weighted by atomic mass is 10.0. The lowest BCUT2D eigenvalue weighted by Crippen LogP contribution is -2.45. The number of rotatable bonds is 11. The van der Waals surface area contributed by atoms with Crippen LogP contribution in [0.4, 0.5) is 0 Å². The number of amides is 2. The number of aliphatic carboxylic acids is 1. The van der Waals surface area contributed by atoms with Crippen LogP contribution in [0.25, 0.3) is 17.2 Å². The van der Waals surface area contributed by atoms with Crippen LogP contribution in [0.15, 0.2) is 103 Å². The van der Waals surface area contributed by atoms with Crippen molar-refractivity contribution in [2.24, 2.45) is 0 Å². The Labute approximate surface area is 248 Å². The molecule has 3 N–H and O–H groups in total. The van der Waals surface area contributed by atoms with Crippen LogP contribution >= 0.6 is 11.6 Å². The van der Waals surface area contributed by atoms with Crippen molar-refractivity contribution in [2.75, 3.05) is 14.2 Å². The van der Waals surface area contributed by atoms with E-state index in [2.05, 4.69) is 10.6 Å². The van der Waals surface area contributed by atoms with Gasteiger partial charge in [-0.05, 0) is 64.7 Å². The summed E-state index contributed by atoms with van der Waals surface area (Å²) in [6, 6.07) is 27.0. The highest BCUT2D eigenvalue weighted by atomic mass is 35.5. The molecule has 0 heterocycles. The molecule has 8 nitrogen and oxygen atoms in total. The van der Waals surface area contributed by atoms with Crippen LogP contribution in [0.5, 0.6) is 11.5 Å². The van der Waals surface area contributed by atoms with Gasteiger partial charge in [0.15, 0.2) is 11.5 Å². The molecule has 0 fully saturated rings. The van der Waals surface area contributed by atoms with Crippen molar-refractivity contribution < 1.29 is 29.0 Å². The van der Waals surface area contributed by atoms with Gasteiger partial charge in [-0.1, -0.05) is 72.3 Å². The Bertz CT molecular complexity index is 1590. The highest BCUT2D eigenvalue weighted by Gasteiger charge is 2.24. The Morgan fingerprint density at radius 3 is 2.10 bits per heavy atom. The van der Waals surface area contributed by atoms with Crippen molar-refractivity contribution >= 4 is 35.5 Å². The van der Waals surface area contributed by atoms with E-state index < -0.39 is 23.8 Å². The van der Waals surface area contributed by atoms with E-state index in [4.69, 9.17) is 21.1 Å². The summed E-state index contributed by atoms with van der Waals surface area (Å²) in [4.78, 5) is 38.8. The van der Waals surface area contributed by atoms with Crippen molar-refractivity contribution in [3.63, 3.8) is 0 Å². The largest absolute Gasteiger partial charge is 0.493 e. The number of hydrogen-bond donors (Lipinski definition) is 3. The SMILES string of the molecule is COc1ccc(/C=C(/NC(=O)c2ccc(-c3ccccc3)cc2)C(=O)N[C@@H](Cc2ccc(Cl)cc2)C(=O)O)cc1OC. The van der Waals surface area contributed by atoms with Crippen molar-refractivity contribution in [1.29, 1.82) is 0 Å². The zero-order valence-electron chi connectivity index (χ0n) is 23.0. The number of ether oxygens (including phenoxy) is 2. The maximum atomic E-state index is 13.5. The van der Waals surface area contributed by atoms with Gasteiger partial charge in [0.05, 0.1) is 14.2 Å². The third kappa shape index (κ3) is 7.77. The molecule has 0 aromatic heterocycles. The standard InChI is InChI=1S/C33H29ClN2O6/c1-41-29-17-10-22(20-30(29)42-2)19-27(32(38)36-28(33(39)40)18-21-8-15-26(34)16-9-21)35-31(37)25-13-11-24(12-14-25)23-6-4-3-5-7-23/h3-17,19-20,28H,18H2,1-2H3,(H,35,37)(H,36,38)(H,39,40)/b27-19+/t28-/m0/s1. The van der Waals surface area contributed by atoms with E-state index in [9.17, 15) is 19.5 Å². The molecular formula is C33H29ClN2O6. The van der Waals surface area contributed by atoms with Crippen LogP contribution < -0.4 is 20.1 Å². The van der Waals surface area contributed by atoms with Crippen LogP contribution in [-0.4, -0.2) is 43.2 Å². The average molecular weight is 585 g/mol. The smallest absolute Gasteiger partial charge is 0.326 e. The molecule has 1 atom stereocenters. The van der Waals surface area contributed by atoms with Crippen LogP contribution in [0.1, 0.15) is 21.5 Å². The monoisotopic (exact) mass is 584 g/mol. The van der Waals surface area contributed by atoms with Gasteiger partial charge in [0.2, 0.25) is 0 Å². The third-order valence-corrected chi connectivity index (χ3v) is 6.67. The Hall–Kier alpha value is -5.08. The average Bonchev–Trinajstić information content (AvgIpc) is 3.01. The minimum Gasteiger partial charge on any atom is -0.493 e. The number of nitrogens with one attached hydrogen (secondary N) is 2. The topological polar surface area (TPSA) is 114 Å². The number of methoxy groups -OCH3 is 2. The van der Waals surface area contributed by atoms with Gasteiger partial charge < -0.3 is 25.2 Å². The molecule has 4 rings (SSSR count). The van der Waals surface area contributed by atoms with Crippen molar-refractivity contribution in [1.82, 2.24) is 10.6 Å². The zero-order valence-corrected chi connectivity index (χ0v) is 23.7. The fourth-order valence-electron chi connectivity index (χ4n) is 4.20. The van der Waals surface area contributed by atoms with Gasteiger partial charge >= 0.3 is 5.97 Å². The molecule has 0 spiro atoms. The van der Waals surface area contributed by atoms with E-state index in [0.29, 0.717) is 33.2 Å².